The summed E-state index contributed by atoms with van der Waals surface area (Å²) >= 11 is 0. The van der Waals surface area contributed by atoms with Gasteiger partial charge in [-0.25, -0.2) is 0 Å². The molecule has 3 fully saturated rings. The zero-order valence-corrected chi connectivity index (χ0v) is 9.80. The van der Waals surface area contributed by atoms with Crippen molar-refractivity contribution in [3.63, 3.8) is 0 Å². The second kappa shape index (κ2) is 3.46. The average Bonchev–Trinajstić information content (AvgIpc) is 2.75. The van der Waals surface area contributed by atoms with Crippen molar-refractivity contribution >= 4 is 0 Å². The fourth-order valence-electron chi connectivity index (χ4n) is 3.90. The Balaban J connectivity index is 1.72. The highest BCUT2D eigenvalue weighted by Gasteiger charge is 2.57. The first-order valence-corrected chi connectivity index (χ1v) is 6.76. The minimum absolute atomic E-state index is 0.242. The molecule has 15 heavy (non-hydrogen) atoms. The van der Waals surface area contributed by atoms with Gasteiger partial charge in [0, 0.05) is 17.5 Å². The van der Waals surface area contributed by atoms with Crippen molar-refractivity contribution in [2.24, 2.45) is 11.1 Å². The summed E-state index contributed by atoms with van der Waals surface area (Å²) in [7, 11) is 0. The quantitative estimate of drug-likeness (QED) is 0.770. The van der Waals surface area contributed by atoms with E-state index in [0.717, 1.165) is 0 Å². The fourth-order valence-corrected chi connectivity index (χ4v) is 3.90. The fraction of sp³-hybridized carbons (Fsp3) is 1.00. The molecule has 86 valence electrons. The normalized spacial score (nSPS) is 33.4. The Morgan fingerprint density at radius 3 is 2.00 bits per heavy atom. The standard InChI is InChI=1S/C13H24N2/c14-13(7-8-13)12(5-1-2-6-12)11-15-9-3-4-10-15/h1-11,14H2. The summed E-state index contributed by atoms with van der Waals surface area (Å²) in [5.41, 5.74) is 7.29. The van der Waals surface area contributed by atoms with E-state index in [9.17, 15) is 0 Å². The Morgan fingerprint density at radius 2 is 1.47 bits per heavy atom. The summed E-state index contributed by atoms with van der Waals surface area (Å²) in [6.07, 6.45) is 11.1. The predicted molar refractivity (Wildman–Crippen MR) is 62.7 cm³/mol. The molecular weight excluding hydrogens is 184 g/mol. The van der Waals surface area contributed by atoms with Crippen molar-refractivity contribution in [2.45, 2.75) is 56.9 Å². The van der Waals surface area contributed by atoms with Crippen LogP contribution in [0.3, 0.4) is 0 Å². The van der Waals surface area contributed by atoms with Crippen LogP contribution >= 0.6 is 0 Å². The lowest BCUT2D eigenvalue weighted by molar-refractivity contribution is 0.131. The molecule has 0 atom stereocenters. The molecule has 0 unspecified atom stereocenters. The van der Waals surface area contributed by atoms with Crippen LogP contribution in [0.25, 0.3) is 0 Å². The van der Waals surface area contributed by atoms with Crippen LogP contribution in [0.2, 0.25) is 0 Å². The van der Waals surface area contributed by atoms with Gasteiger partial charge in [-0.15, -0.1) is 0 Å². The van der Waals surface area contributed by atoms with Crippen molar-refractivity contribution in [1.82, 2.24) is 4.90 Å². The number of hydrogen-bond donors (Lipinski definition) is 1. The molecule has 3 rings (SSSR count). The molecular formula is C13H24N2. The van der Waals surface area contributed by atoms with Gasteiger partial charge in [-0.1, -0.05) is 12.8 Å². The zero-order valence-electron chi connectivity index (χ0n) is 9.80. The number of rotatable bonds is 3. The molecule has 0 amide bonds. The lowest BCUT2D eigenvalue weighted by atomic mass is 9.76. The van der Waals surface area contributed by atoms with Gasteiger partial charge in [0.05, 0.1) is 0 Å². The van der Waals surface area contributed by atoms with E-state index in [-0.39, 0.29) is 5.54 Å². The third kappa shape index (κ3) is 1.62. The third-order valence-corrected chi connectivity index (χ3v) is 5.13. The molecule has 2 N–H and O–H groups in total. The van der Waals surface area contributed by atoms with E-state index in [1.165, 1.54) is 71.0 Å². The first-order valence-electron chi connectivity index (χ1n) is 6.76. The first kappa shape index (κ1) is 10.1. The van der Waals surface area contributed by atoms with Crippen LogP contribution in [-0.2, 0) is 0 Å². The lowest BCUT2D eigenvalue weighted by Gasteiger charge is -2.39. The smallest absolute Gasteiger partial charge is 0.0225 e. The first-order chi connectivity index (χ1) is 7.24. The lowest BCUT2D eigenvalue weighted by Crippen LogP contribution is -2.49. The highest BCUT2D eigenvalue weighted by atomic mass is 15.2. The van der Waals surface area contributed by atoms with E-state index in [1.807, 2.05) is 0 Å². The Labute approximate surface area is 93.2 Å². The van der Waals surface area contributed by atoms with Crippen LogP contribution in [-0.4, -0.2) is 30.1 Å². The Bertz CT molecular complexity index is 233. The molecule has 1 saturated heterocycles. The molecule has 0 aromatic rings. The molecule has 0 spiro atoms. The Kier molecular flexibility index (Phi) is 2.33. The molecule has 2 heteroatoms. The summed E-state index contributed by atoms with van der Waals surface area (Å²) in [6, 6.07) is 0. The molecule has 0 bridgehead atoms. The van der Waals surface area contributed by atoms with E-state index >= 15 is 0 Å². The van der Waals surface area contributed by atoms with Gasteiger partial charge in [0.15, 0.2) is 0 Å². The number of likely N-dealkylation sites (tertiary alicyclic amines) is 1. The number of hydrogen-bond acceptors (Lipinski definition) is 2. The van der Waals surface area contributed by atoms with Gasteiger partial charge >= 0.3 is 0 Å². The SMILES string of the molecule is NC1(C2(CN3CCCC3)CCCC2)CC1. The highest BCUT2D eigenvalue weighted by Crippen LogP contribution is 2.56. The van der Waals surface area contributed by atoms with Gasteiger partial charge in [-0.05, 0) is 51.6 Å². The van der Waals surface area contributed by atoms with Crippen LogP contribution < -0.4 is 5.73 Å². The van der Waals surface area contributed by atoms with Gasteiger partial charge in [-0.2, -0.15) is 0 Å². The van der Waals surface area contributed by atoms with E-state index in [0.29, 0.717) is 5.41 Å². The van der Waals surface area contributed by atoms with E-state index in [2.05, 4.69) is 4.90 Å². The molecule has 0 aromatic carbocycles. The topological polar surface area (TPSA) is 29.3 Å². The zero-order chi connectivity index (χ0) is 10.4. The van der Waals surface area contributed by atoms with E-state index in [4.69, 9.17) is 5.73 Å². The molecule has 3 aliphatic rings. The van der Waals surface area contributed by atoms with Gasteiger partial charge in [-0.3, -0.25) is 0 Å². The Hall–Kier alpha value is -0.0800. The van der Waals surface area contributed by atoms with Crippen molar-refractivity contribution in [3.05, 3.63) is 0 Å². The molecule has 0 radical (unpaired) electrons. The maximum absolute atomic E-state index is 6.54. The molecule has 1 aliphatic heterocycles. The second-order valence-corrected chi connectivity index (χ2v) is 6.13. The van der Waals surface area contributed by atoms with Crippen molar-refractivity contribution in [1.29, 1.82) is 0 Å². The monoisotopic (exact) mass is 208 g/mol. The molecule has 2 saturated carbocycles. The maximum atomic E-state index is 6.54. The van der Waals surface area contributed by atoms with Crippen LogP contribution in [0, 0.1) is 5.41 Å². The van der Waals surface area contributed by atoms with Gasteiger partial charge in [0.1, 0.15) is 0 Å². The Morgan fingerprint density at radius 1 is 0.867 bits per heavy atom. The van der Waals surface area contributed by atoms with Gasteiger partial charge < -0.3 is 10.6 Å². The highest BCUT2D eigenvalue weighted by molar-refractivity contribution is 5.14. The molecule has 2 nitrogen and oxygen atoms in total. The summed E-state index contributed by atoms with van der Waals surface area (Å²) in [6.45, 7) is 3.97. The molecule has 0 aromatic heterocycles. The largest absolute Gasteiger partial charge is 0.325 e. The average molecular weight is 208 g/mol. The number of nitrogens with two attached hydrogens (primary N) is 1. The predicted octanol–water partition coefficient (Wildman–Crippen LogP) is 2.13. The minimum atomic E-state index is 0.242. The number of nitrogens with zero attached hydrogens (tertiary/aromatic N) is 1. The van der Waals surface area contributed by atoms with Crippen LogP contribution in [0.1, 0.15) is 51.4 Å². The third-order valence-electron chi connectivity index (χ3n) is 5.13. The minimum Gasteiger partial charge on any atom is -0.325 e. The summed E-state index contributed by atoms with van der Waals surface area (Å²) < 4.78 is 0. The van der Waals surface area contributed by atoms with Crippen molar-refractivity contribution in [3.8, 4) is 0 Å². The molecule has 2 aliphatic carbocycles. The van der Waals surface area contributed by atoms with Crippen LogP contribution in [0.15, 0.2) is 0 Å². The van der Waals surface area contributed by atoms with Gasteiger partial charge in [0.2, 0.25) is 0 Å². The van der Waals surface area contributed by atoms with E-state index in [1.54, 1.807) is 0 Å². The summed E-state index contributed by atoms with van der Waals surface area (Å²) in [4.78, 5) is 2.68. The van der Waals surface area contributed by atoms with Crippen molar-refractivity contribution < 1.29 is 0 Å². The van der Waals surface area contributed by atoms with Crippen molar-refractivity contribution in [2.75, 3.05) is 19.6 Å². The van der Waals surface area contributed by atoms with Crippen LogP contribution in [0.4, 0.5) is 0 Å². The summed E-state index contributed by atoms with van der Waals surface area (Å²) in [5.74, 6) is 0. The molecule has 1 heterocycles. The van der Waals surface area contributed by atoms with E-state index < -0.39 is 0 Å². The maximum Gasteiger partial charge on any atom is 0.0225 e. The van der Waals surface area contributed by atoms with Gasteiger partial charge in [0.25, 0.3) is 0 Å². The second-order valence-electron chi connectivity index (χ2n) is 6.13. The van der Waals surface area contributed by atoms with Crippen LogP contribution in [0.5, 0.6) is 0 Å². The summed E-state index contributed by atoms with van der Waals surface area (Å²) in [5, 5.41) is 0.